The molecular weight excluding hydrogens is 364 g/mol. The molecule has 0 saturated heterocycles. The highest BCUT2D eigenvalue weighted by molar-refractivity contribution is 5.75. The number of hydrogen-bond acceptors (Lipinski definition) is 4. The summed E-state index contributed by atoms with van der Waals surface area (Å²) in [6.45, 7) is 11.8. The number of esters is 1. The van der Waals surface area contributed by atoms with Gasteiger partial charge in [0.15, 0.2) is 0 Å². The number of ether oxygens (including phenoxy) is 2. The monoisotopic (exact) mass is 398 g/mol. The molecule has 4 heteroatoms. The van der Waals surface area contributed by atoms with Crippen molar-refractivity contribution in [3.05, 3.63) is 65.7 Å². The Morgan fingerprint density at radius 3 is 2.07 bits per heavy atom. The fraction of sp³-hybridized carbons (Fsp3) is 0.480. The van der Waals surface area contributed by atoms with Crippen LogP contribution in [0.3, 0.4) is 0 Å². The molecule has 3 atom stereocenters. The van der Waals surface area contributed by atoms with Gasteiger partial charge in [-0.05, 0) is 55.9 Å². The summed E-state index contributed by atoms with van der Waals surface area (Å²) in [5.41, 5.74) is 1.48. The minimum Gasteiger partial charge on any atom is -0.489 e. The topological polar surface area (TPSA) is 55.8 Å². The van der Waals surface area contributed by atoms with Crippen LogP contribution >= 0.6 is 0 Å². The first-order valence-corrected chi connectivity index (χ1v) is 10.3. The van der Waals surface area contributed by atoms with Gasteiger partial charge in [-0.15, -0.1) is 0 Å². The second-order valence-electron chi connectivity index (χ2n) is 8.93. The van der Waals surface area contributed by atoms with E-state index >= 15 is 0 Å². The van der Waals surface area contributed by atoms with Gasteiger partial charge in [0.2, 0.25) is 0 Å². The minimum atomic E-state index is -0.783. The Kier molecular flexibility index (Phi) is 7.86. The standard InChI is InChI=1S/C25H34O4/c1-17(2)23(26)22(24(27)29-25(4,5)6)18(3)20-12-14-21(15-13-20)28-16-19-10-8-7-9-11-19/h7-15,17-18,22-23,26H,16H2,1-6H3. The smallest absolute Gasteiger partial charge is 0.312 e. The molecule has 2 aromatic rings. The zero-order chi connectivity index (χ0) is 21.6. The number of carbonyl (C=O) groups excluding carboxylic acids is 1. The lowest BCUT2D eigenvalue weighted by molar-refractivity contribution is -0.166. The Morgan fingerprint density at radius 2 is 1.55 bits per heavy atom. The van der Waals surface area contributed by atoms with E-state index in [0.717, 1.165) is 16.9 Å². The van der Waals surface area contributed by atoms with Crippen LogP contribution in [0.1, 0.15) is 58.6 Å². The first-order valence-electron chi connectivity index (χ1n) is 10.3. The summed E-state index contributed by atoms with van der Waals surface area (Å²) in [5.74, 6) is -0.474. The van der Waals surface area contributed by atoms with Crippen molar-refractivity contribution in [3.8, 4) is 5.75 Å². The highest BCUT2D eigenvalue weighted by atomic mass is 16.6. The van der Waals surface area contributed by atoms with Gasteiger partial charge < -0.3 is 14.6 Å². The van der Waals surface area contributed by atoms with Gasteiger partial charge in [0.25, 0.3) is 0 Å². The molecule has 0 amide bonds. The third-order valence-electron chi connectivity index (χ3n) is 4.92. The van der Waals surface area contributed by atoms with E-state index in [0.29, 0.717) is 6.61 Å². The summed E-state index contributed by atoms with van der Waals surface area (Å²) in [6, 6.07) is 17.7. The lowest BCUT2D eigenvalue weighted by Crippen LogP contribution is -2.40. The van der Waals surface area contributed by atoms with Gasteiger partial charge in [0.1, 0.15) is 18.0 Å². The summed E-state index contributed by atoms with van der Waals surface area (Å²) in [5, 5.41) is 10.7. The second kappa shape index (κ2) is 9.93. The van der Waals surface area contributed by atoms with Gasteiger partial charge in [0, 0.05) is 0 Å². The second-order valence-corrected chi connectivity index (χ2v) is 8.93. The van der Waals surface area contributed by atoms with E-state index in [2.05, 4.69) is 0 Å². The first kappa shape index (κ1) is 23.0. The number of hydrogen-bond donors (Lipinski definition) is 1. The zero-order valence-corrected chi connectivity index (χ0v) is 18.4. The van der Waals surface area contributed by atoms with Crippen LogP contribution in [-0.2, 0) is 16.1 Å². The van der Waals surface area contributed by atoms with Crippen molar-refractivity contribution >= 4 is 5.97 Å². The average molecular weight is 399 g/mol. The molecule has 29 heavy (non-hydrogen) atoms. The quantitative estimate of drug-likeness (QED) is 0.610. The largest absolute Gasteiger partial charge is 0.489 e. The Balaban J connectivity index is 2.13. The van der Waals surface area contributed by atoms with Gasteiger partial charge in [-0.25, -0.2) is 0 Å². The molecule has 0 fully saturated rings. The lowest BCUT2D eigenvalue weighted by Gasteiger charge is -2.32. The maximum atomic E-state index is 12.8. The third kappa shape index (κ3) is 6.90. The Hall–Kier alpha value is -2.33. The van der Waals surface area contributed by atoms with Crippen LogP contribution in [0, 0.1) is 11.8 Å². The molecule has 2 aromatic carbocycles. The molecule has 0 spiro atoms. The molecule has 3 unspecified atom stereocenters. The normalized spacial score (nSPS) is 14.9. The fourth-order valence-electron chi connectivity index (χ4n) is 3.24. The van der Waals surface area contributed by atoms with Crippen molar-refractivity contribution < 1.29 is 19.4 Å². The Morgan fingerprint density at radius 1 is 0.966 bits per heavy atom. The van der Waals surface area contributed by atoms with E-state index < -0.39 is 17.6 Å². The van der Waals surface area contributed by atoms with Crippen molar-refractivity contribution in [1.82, 2.24) is 0 Å². The molecule has 158 valence electrons. The molecular formula is C25H34O4. The van der Waals surface area contributed by atoms with Crippen molar-refractivity contribution in [3.63, 3.8) is 0 Å². The molecule has 0 aromatic heterocycles. The summed E-state index contributed by atoms with van der Waals surface area (Å²) < 4.78 is 11.4. The molecule has 0 aliphatic rings. The molecule has 0 saturated carbocycles. The summed E-state index contributed by atoms with van der Waals surface area (Å²) in [7, 11) is 0. The average Bonchev–Trinajstić information content (AvgIpc) is 2.66. The predicted molar refractivity (Wildman–Crippen MR) is 116 cm³/mol. The van der Waals surface area contributed by atoms with E-state index in [4.69, 9.17) is 9.47 Å². The minimum absolute atomic E-state index is 0.0524. The molecule has 1 N–H and O–H groups in total. The van der Waals surface area contributed by atoms with Crippen LogP contribution in [0.25, 0.3) is 0 Å². The lowest BCUT2D eigenvalue weighted by atomic mass is 9.80. The molecule has 0 radical (unpaired) electrons. The van der Waals surface area contributed by atoms with Gasteiger partial charge in [-0.3, -0.25) is 4.79 Å². The van der Waals surface area contributed by atoms with Crippen LogP contribution in [0.15, 0.2) is 54.6 Å². The van der Waals surface area contributed by atoms with Crippen molar-refractivity contribution in [2.75, 3.05) is 0 Å². The van der Waals surface area contributed by atoms with Gasteiger partial charge in [-0.1, -0.05) is 63.2 Å². The first-order chi connectivity index (χ1) is 13.6. The molecule has 0 aliphatic heterocycles. The van der Waals surface area contributed by atoms with E-state index in [1.54, 1.807) is 0 Å². The van der Waals surface area contributed by atoms with E-state index in [1.807, 2.05) is 96.1 Å². The maximum Gasteiger partial charge on any atom is 0.312 e. The van der Waals surface area contributed by atoms with E-state index in [-0.39, 0.29) is 17.8 Å². The van der Waals surface area contributed by atoms with Crippen LogP contribution in [0.4, 0.5) is 0 Å². The number of aliphatic hydroxyl groups is 1. The summed E-state index contributed by atoms with van der Waals surface area (Å²) in [4.78, 5) is 12.8. The van der Waals surface area contributed by atoms with Gasteiger partial charge in [0.05, 0.1) is 12.0 Å². The number of carbonyl (C=O) groups is 1. The van der Waals surface area contributed by atoms with Crippen LogP contribution in [0.5, 0.6) is 5.75 Å². The molecule has 4 nitrogen and oxygen atoms in total. The van der Waals surface area contributed by atoms with Crippen LogP contribution in [0.2, 0.25) is 0 Å². The summed E-state index contributed by atoms with van der Waals surface area (Å²) >= 11 is 0. The predicted octanol–water partition coefficient (Wildman–Crippen LogP) is 5.34. The zero-order valence-electron chi connectivity index (χ0n) is 18.4. The number of rotatable bonds is 8. The van der Waals surface area contributed by atoms with Crippen molar-refractivity contribution in [2.24, 2.45) is 11.8 Å². The molecule has 0 heterocycles. The van der Waals surface area contributed by atoms with Gasteiger partial charge >= 0.3 is 5.97 Å². The van der Waals surface area contributed by atoms with E-state index in [1.165, 1.54) is 0 Å². The van der Waals surface area contributed by atoms with Crippen molar-refractivity contribution in [1.29, 1.82) is 0 Å². The summed E-state index contributed by atoms with van der Waals surface area (Å²) in [6.07, 6.45) is -0.783. The fourth-order valence-corrected chi connectivity index (χ4v) is 3.24. The van der Waals surface area contributed by atoms with Crippen LogP contribution < -0.4 is 4.74 Å². The SMILES string of the molecule is CC(C)C(O)C(C(=O)OC(C)(C)C)C(C)c1ccc(OCc2ccccc2)cc1. The number of benzene rings is 2. The molecule has 2 rings (SSSR count). The highest BCUT2D eigenvalue weighted by Gasteiger charge is 2.37. The maximum absolute atomic E-state index is 12.8. The third-order valence-corrected chi connectivity index (χ3v) is 4.92. The Labute approximate surface area is 174 Å². The van der Waals surface area contributed by atoms with Crippen LogP contribution in [-0.4, -0.2) is 22.8 Å². The Bertz CT molecular complexity index is 760. The molecule has 0 bridgehead atoms. The molecule has 0 aliphatic carbocycles. The van der Waals surface area contributed by atoms with Crippen molar-refractivity contribution in [2.45, 2.75) is 65.8 Å². The number of aliphatic hydroxyl groups excluding tert-OH is 1. The van der Waals surface area contributed by atoms with Gasteiger partial charge in [-0.2, -0.15) is 0 Å². The van der Waals surface area contributed by atoms with E-state index in [9.17, 15) is 9.90 Å². The highest BCUT2D eigenvalue weighted by Crippen LogP contribution is 2.33.